The van der Waals surface area contributed by atoms with Crippen LogP contribution >= 0.6 is 0 Å². The minimum atomic E-state index is -2.00. The predicted molar refractivity (Wildman–Crippen MR) is 258 cm³/mol. The summed E-state index contributed by atoms with van der Waals surface area (Å²) in [5.41, 5.74) is -0.194. The second-order valence-electron chi connectivity index (χ2n) is 22.2. The molecule has 17 heteroatoms. The molecule has 9 aliphatic rings. The number of methoxy groups -OCH3 is 2. The standard InChI is InChI=1S/C55H78O17/c1-28-13-12-16-35-27-64-50-48(70-52(59)39-23-38(39)51(57)58)31(4)21-40(55(35,50)61)53(60)67-37-22-36(71-54(26-37)20-19-30(3)47(72-54)34-14-10-9-11-15-34)18-17-29(2)46(28)68-44-25-42(63-8)49(33(6)66-44)69-43-24-41(62-7)45(56)32(5)65-43/h12-13,16-17,19-21,28,30,32-34,36-50,56,61H,9-11,14-15,18,22-27H2,1-8H3,(H,57,58)/b13-12+,29-17+,35-16+/t28-,30-,32-,33-,36+,37?,38?,39?,40-,41-,42-,43-,44-,45-,46-,47-,48+,49-,50+,54+,55+/m0/s1. The highest BCUT2D eigenvalue weighted by atomic mass is 16.7. The van der Waals surface area contributed by atoms with Gasteiger partial charge in [-0.3, -0.25) is 14.4 Å². The number of aliphatic hydroxyl groups is 2. The first-order chi connectivity index (χ1) is 34.4. The van der Waals surface area contributed by atoms with Crippen LogP contribution in [0.1, 0.15) is 112 Å². The van der Waals surface area contributed by atoms with Gasteiger partial charge in [-0.15, -0.1) is 0 Å². The lowest BCUT2D eigenvalue weighted by Crippen LogP contribution is -2.59. The van der Waals surface area contributed by atoms with Gasteiger partial charge < -0.3 is 67.4 Å². The smallest absolute Gasteiger partial charge is 0.316 e. The molecule has 17 nitrogen and oxygen atoms in total. The van der Waals surface area contributed by atoms with Crippen molar-refractivity contribution in [1.82, 2.24) is 0 Å². The Morgan fingerprint density at radius 1 is 0.806 bits per heavy atom. The van der Waals surface area contributed by atoms with E-state index in [1.807, 2.05) is 39.0 Å². The zero-order valence-corrected chi connectivity index (χ0v) is 43.1. The second kappa shape index (κ2) is 22.1. The van der Waals surface area contributed by atoms with Crippen molar-refractivity contribution in [1.29, 1.82) is 0 Å². The lowest BCUT2D eigenvalue weighted by molar-refractivity contribution is -0.318. The van der Waals surface area contributed by atoms with E-state index in [0.717, 1.165) is 31.3 Å². The summed E-state index contributed by atoms with van der Waals surface area (Å²) in [5, 5.41) is 33.2. The number of carbonyl (C=O) groups is 3. The second-order valence-corrected chi connectivity index (χ2v) is 22.2. The molecule has 0 aromatic heterocycles. The van der Waals surface area contributed by atoms with Gasteiger partial charge in [-0.2, -0.15) is 0 Å². The molecule has 72 heavy (non-hydrogen) atoms. The number of fused-ring (bicyclic) bond motifs is 2. The topological polar surface area (TPSA) is 213 Å². The lowest BCUT2D eigenvalue weighted by atomic mass is 9.70. The van der Waals surface area contributed by atoms with Crippen molar-refractivity contribution in [3.05, 3.63) is 59.3 Å². The summed E-state index contributed by atoms with van der Waals surface area (Å²) in [6, 6.07) is 0. The van der Waals surface area contributed by atoms with Crippen molar-refractivity contribution >= 4 is 17.9 Å². The number of carbonyl (C=O) groups excluding carboxylic acids is 2. The average Bonchev–Trinajstić information content (AvgIpc) is 4.10. The summed E-state index contributed by atoms with van der Waals surface area (Å²) in [5.74, 6) is -6.17. The number of hydrogen-bond donors (Lipinski definition) is 3. The maximum atomic E-state index is 14.8. The normalized spacial score (nSPS) is 47.7. The first kappa shape index (κ1) is 53.5. The van der Waals surface area contributed by atoms with Crippen LogP contribution in [-0.2, 0) is 66.5 Å². The zero-order chi connectivity index (χ0) is 51.2. The molecule has 9 rings (SSSR count). The van der Waals surface area contributed by atoms with Gasteiger partial charge in [-0.1, -0.05) is 69.6 Å². The Balaban J connectivity index is 1.02. The minimum absolute atomic E-state index is 0.0755. The molecule has 400 valence electrons. The van der Waals surface area contributed by atoms with Crippen molar-refractivity contribution < 1.29 is 81.8 Å². The molecule has 1 spiro atoms. The maximum Gasteiger partial charge on any atom is 0.316 e. The lowest BCUT2D eigenvalue weighted by Gasteiger charge is -2.49. The van der Waals surface area contributed by atoms with E-state index in [2.05, 4.69) is 19.1 Å². The summed E-state index contributed by atoms with van der Waals surface area (Å²) in [4.78, 5) is 39.9. The number of carboxylic acid groups (broad SMARTS) is 1. The number of hydrogen-bond acceptors (Lipinski definition) is 16. The largest absolute Gasteiger partial charge is 0.481 e. The third-order valence-corrected chi connectivity index (χ3v) is 17.0. The highest BCUT2D eigenvalue weighted by Gasteiger charge is 2.62. The predicted octanol–water partition coefficient (Wildman–Crippen LogP) is 6.18. The molecule has 3 unspecified atom stereocenters. The molecule has 3 N–H and O–H groups in total. The van der Waals surface area contributed by atoms with E-state index in [9.17, 15) is 29.7 Å². The number of allylic oxidation sites excluding steroid dienone is 2. The van der Waals surface area contributed by atoms with Gasteiger partial charge in [0.05, 0.1) is 61.2 Å². The van der Waals surface area contributed by atoms with Gasteiger partial charge >= 0.3 is 17.9 Å². The Morgan fingerprint density at radius 3 is 2.25 bits per heavy atom. The summed E-state index contributed by atoms with van der Waals surface area (Å²) >= 11 is 0. The van der Waals surface area contributed by atoms with E-state index in [1.165, 1.54) is 6.42 Å². The molecule has 0 radical (unpaired) electrons. The van der Waals surface area contributed by atoms with Gasteiger partial charge in [0.25, 0.3) is 0 Å². The fourth-order valence-corrected chi connectivity index (χ4v) is 12.8. The third kappa shape index (κ3) is 11.0. The molecule has 4 saturated heterocycles. The third-order valence-electron chi connectivity index (χ3n) is 17.0. The van der Waals surface area contributed by atoms with Crippen LogP contribution in [0.3, 0.4) is 0 Å². The van der Waals surface area contributed by atoms with Crippen LogP contribution in [0.5, 0.6) is 0 Å². The van der Waals surface area contributed by atoms with Crippen molar-refractivity contribution in [3.8, 4) is 0 Å². The van der Waals surface area contributed by atoms with Crippen LogP contribution in [0.15, 0.2) is 59.3 Å². The van der Waals surface area contributed by atoms with E-state index >= 15 is 0 Å². The van der Waals surface area contributed by atoms with Crippen molar-refractivity contribution in [2.24, 2.45) is 35.5 Å². The number of carboxylic acids is 1. The van der Waals surface area contributed by atoms with Crippen molar-refractivity contribution in [3.63, 3.8) is 0 Å². The molecule has 2 bridgehead atoms. The molecular weight excluding hydrogens is 933 g/mol. The van der Waals surface area contributed by atoms with Crippen molar-refractivity contribution in [2.75, 3.05) is 20.8 Å². The molecule has 3 aliphatic carbocycles. The van der Waals surface area contributed by atoms with E-state index in [4.69, 9.17) is 52.1 Å². The van der Waals surface area contributed by atoms with Crippen LogP contribution in [-0.4, -0.2) is 151 Å². The van der Waals surface area contributed by atoms with E-state index < -0.39 is 127 Å². The Kier molecular flexibility index (Phi) is 16.4. The van der Waals surface area contributed by atoms with Crippen LogP contribution in [0.25, 0.3) is 0 Å². The highest BCUT2D eigenvalue weighted by molar-refractivity contribution is 5.86. The summed E-state index contributed by atoms with van der Waals surface area (Å²) in [6.07, 6.45) is 12.6. The van der Waals surface area contributed by atoms with Crippen LogP contribution in [0.2, 0.25) is 0 Å². The Bertz CT molecular complexity index is 2130. The van der Waals surface area contributed by atoms with Crippen LogP contribution < -0.4 is 0 Å². The van der Waals surface area contributed by atoms with Gasteiger partial charge in [0.1, 0.15) is 35.9 Å². The maximum absolute atomic E-state index is 14.8. The molecule has 21 atom stereocenters. The number of aliphatic hydroxyl groups excluding tert-OH is 1. The van der Waals surface area contributed by atoms with Gasteiger partial charge in [-0.05, 0) is 82.1 Å². The first-order valence-corrected chi connectivity index (χ1v) is 26.5. The number of ether oxygens (including phenoxy) is 11. The summed E-state index contributed by atoms with van der Waals surface area (Å²) < 4.78 is 70.6. The number of aliphatic carboxylic acids is 1. The fourth-order valence-electron chi connectivity index (χ4n) is 12.8. The molecule has 6 fully saturated rings. The first-order valence-electron chi connectivity index (χ1n) is 26.5. The quantitative estimate of drug-likeness (QED) is 0.165. The van der Waals surface area contributed by atoms with Gasteiger partial charge in [0.2, 0.25) is 0 Å². The molecular formula is C55H78O17. The molecule has 6 heterocycles. The molecule has 6 aliphatic heterocycles. The minimum Gasteiger partial charge on any atom is -0.481 e. The Labute approximate surface area is 423 Å². The molecule has 0 aromatic carbocycles. The molecule has 2 saturated carbocycles. The zero-order valence-electron chi connectivity index (χ0n) is 43.1. The van der Waals surface area contributed by atoms with Crippen LogP contribution in [0.4, 0.5) is 0 Å². The Morgan fingerprint density at radius 2 is 1.53 bits per heavy atom. The van der Waals surface area contributed by atoms with Gasteiger partial charge in [0, 0.05) is 51.7 Å². The highest BCUT2D eigenvalue weighted by Crippen LogP contribution is 2.49. The fraction of sp³-hybridized carbons (Fsp3) is 0.764. The monoisotopic (exact) mass is 1010 g/mol. The number of rotatable bonds is 10. The SMILES string of the molecule is CO[C@H]1C[C@H](O[C@H]2[C@H](C)O[C@@H](O[C@@H]3/C(C)=C/C[C@@H]4CC(C[C@]5(C=C[C@H](C)[C@@H](C6CCCCC6)O5)O4)OC(=O)[C@@H]4C=C(C)[C@@H](OC(=O)C5CC5C(=O)O)[C@H]5OC/C(=C\C=C\[C@@H]3C)[C@]54O)C[C@@H]2OC)O[C@@H](C)[C@@H]1O. The van der Waals surface area contributed by atoms with E-state index in [0.29, 0.717) is 42.7 Å². The average molecular weight is 1010 g/mol. The van der Waals surface area contributed by atoms with Gasteiger partial charge in [-0.25, -0.2) is 0 Å². The van der Waals surface area contributed by atoms with E-state index in [-0.39, 0.29) is 37.4 Å². The summed E-state index contributed by atoms with van der Waals surface area (Å²) in [6.45, 7) is 11.6. The van der Waals surface area contributed by atoms with Gasteiger partial charge in [0.15, 0.2) is 24.5 Å². The van der Waals surface area contributed by atoms with E-state index in [1.54, 1.807) is 40.2 Å². The van der Waals surface area contributed by atoms with Crippen LogP contribution in [0, 0.1) is 35.5 Å². The van der Waals surface area contributed by atoms with Crippen molar-refractivity contribution in [2.45, 2.75) is 209 Å². The molecule has 0 amide bonds. The summed E-state index contributed by atoms with van der Waals surface area (Å²) in [7, 11) is 3.20. The number of esters is 2. The Hall–Kier alpha value is -3.33. The molecule has 0 aromatic rings.